The van der Waals surface area contributed by atoms with Gasteiger partial charge in [0, 0.05) is 23.9 Å². The minimum absolute atomic E-state index is 0.112. The number of methoxy groups -OCH3 is 1. The Morgan fingerprint density at radius 1 is 1.07 bits per heavy atom. The number of carbonyl (C=O) groups is 2. The maximum Gasteiger partial charge on any atom is 0.270 e. The lowest BCUT2D eigenvalue weighted by Gasteiger charge is -2.10. The Hall–Kier alpha value is -4.18. The molecular formula is C22H18N4O3. The smallest absolute Gasteiger partial charge is 0.270 e. The number of pyridine rings is 1. The SMILES string of the molecule is COc1ccccc1CNC(=O)c1cc(C(=O)Nc2ccccc2C#N)ccn1. The van der Waals surface area contributed by atoms with Crippen LogP contribution in [0.1, 0.15) is 32.0 Å². The van der Waals surface area contributed by atoms with E-state index in [1.807, 2.05) is 30.3 Å². The molecule has 1 aromatic heterocycles. The monoisotopic (exact) mass is 386 g/mol. The summed E-state index contributed by atoms with van der Waals surface area (Å²) in [5, 5.41) is 14.6. The molecule has 0 radical (unpaired) electrons. The van der Waals surface area contributed by atoms with Gasteiger partial charge in [-0.2, -0.15) is 5.26 Å². The first kappa shape index (κ1) is 19.6. The van der Waals surface area contributed by atoms with Gasteiger partial charge in [0.15, 0.2) is 0 Å². The van der Waals surface area contributed by atoms with Gasteiger partial charge in [0.1, 0.15) is 17.5 Å². The second-order valence-electron chi connectivity index (χ2n) is 6.04. The molecule has 2 N–H and O–H groups in total. The summed E-state index contributed by atoms with van der Waals surface area (Å²) in [5.74, 6) is -0.179. The van der Waals surface area contributed by atoms with Crippen molar-refractivity contribution in [3.05, 3.63) is 89.2 Å². The number of nitrogens with zero attached hydrogens (tertiary/aromatic N) is 2. The molecule has 29 heavy (non-hydrogen) atoms. The zero-order chi connectivity index (χ0) is 20.6. The van der Waals surface area contributed by atoms with Crippen molar-refractivity contribution in [3.63, 3.8) is 0 Å². The number of hydrogen-bond acceptors (Lipinski definition) is 5. The van der Waals surface area contributed by atoms with Crippen LogP contribution in [0.2, 0.25) is 0 Å². The van der Waals surface area contributed by atoms with Gasteiger partial charge in [0.05, 0.1) is 18.4 Å². The predicted octanol–water partition coefficient (Wildman–Crippen LogP) is 3.14. The van der Waals surface area contributed by atoms with E-state index in [0.717, 1.165) is 5.56 Å². The van der Waals surface area contributed by atoms with E-state index in [1.165, 1.54) is 18.3 Å². The van der Waals surface area contributed by atoms with Gasteiger partial charge in [-0.15, -0.1) is 0 Å². The minimum atomic E-state index is -0.436. The van der Waals surface area contributed by atoms with Crippen LogP contribution in [0.15, 0.2) is 66.9 Å². The van der Waals surface area contributed by atoms with Crippen molar-refractivity contribution in [1.29, 1.82) is 5.26 Å². The highest BCUT2D eigenvalue weighted by Crippen LogP contribution is 2.17. The molecule has 2 aromatic carbocycles. The number of hydrogen-bond donors (Lipinski definition) is 2. The lowest BCUT2D eigenvalue weighted by molar-refractivity contribution is 0.0945. The lowest BCUT2D eigenvalue weighted by Crippen LogP contribution is -2.24. The number of anilines is 1. The molecule has 3 aromatic rings. The number of rotatable bonds is 6. The molecule has 0 bridgehead atoms. The van der Waals surface area contributed by atoms with Crippen LogP contribution >= 0.6 is 0 Å². The highest BCUT2D eigenvalue weighted by molar-refractivity contribution is 6.06. The average molecular weight is 386 g/mol. The number of amides is 2. The fourth-order valence-electron chi connectivity index (χ4n) is 2.70. The van der Waals surface area contributed by atoms with Crippen LogP contribution in [0, 0.1) is 11.3 Å². The highest BCUT2D eigenvalue weighted by Gasteiger charge is 2.14. The average Bonchev–Trinajstić information content (AvgIpc) is 2.78. The summed E-state index contributed by atoms with van der Waals surface area (Å²) in [4.78, 5) is 29.0. The van der Waals surface area contributed by atoms with E-state index < -0.39 is 11.8 Å². The molecule has 0 saturated carbocycles. The summed E-state index contributed by atoms with van der Waals surface area (Å²) >= 11 is 0. The third-order valence-electron chi connectivity index (χ3n) is 4.18. The number of nitriles is 1. The Kier molecular flexibility index (Phi) is 6.18. The van der Waals surface area contributed by atoms with Crippen LogP contribution in [-0.4, -0.2) is 23.9 Å². The Bertz CT molecular complexity index is 1090. The zero-order valence-corrected chi connectivity index (χ0v) is 15.7. The van der Waals surface area contributed by atoms with Gasteiger partial charge in [-0.3, -0.25) is 14.6 Å². The molecule has 0 aliphatic heterocycles. The van der Waals surface area contributed by atoms with Crippen molar-refractivity contribution in [2.75, 3.05) is 12.4 Å². The summed E-state index contributed by atoms with van der Waals surface area (Å²) in [6.45, 7) is 0.260. The number of ether oxygens (including phenoxy) is 1. The van der Waals surface area contributed by atoms with E-state index in [-0.39, 0.29) is 17.8 Å². The van der Waals surface area contributed by atoms with Crippen LogP contribution < -0.4 is 15.4 Å². The van der Waals surface area contributed by atoms with E-state index in [1.54, 1.807) is 31.4 Å². The van der Waals surface area contributed by atoms with Gasteiger partial charge in [-0.05, 0) is 30.3 Å². The van der Waals surface area contributed by atoms with Gasteiger partial charge in [0.2, 0.25) is 0 Å². The number of aromatic nitrogens is 1. The summed E-state index contributed by atoms with van der Waals surface area (Å²) < 4.78 is 5.27. The highest BCUT2D eigenvalue weighted by atomic mass is 16.5. The van der Waals surface area contributed by atoms with Crippen LogP contribution in [-0.2, 0) is 6.54 Å². The second-order valence-corrected chi connectivity index (χ2v) is 6.04. The molecule has 144 valence electrons. The molecule has 3 rings (SSSR count). The first-order valence-corrected chi connectivity index (χ1v) is 8.79. The van der Waals surface area contributed by atoms with Gasteiger partial charge >= 0.3 is 0 Å². The molecule has 7 heteroatoms. The van der Waals surface area contributed by atoms with Crippen molar-refractivity contribution in [2.45, 2.75) is 6.54 Å². The topological polar surface area (TPSA) is 104 Å². The van der Waals surface area contributed by atoms with Gasteiger partial charge in [-0.25, -0.2) is 0 Å². The van der Waals surface area contributed by atoms with Crippen molar-refractivity contribution in [3.8, 4) is 11.8 Å². The first-order valence-electron chi connectivity index (χ1n) is 8.79. The Balaban J connectivity index is 1.71. The Morgan fingerprint density at radius 2 is 1.83 bits per heavy atom. The third kappa shape index (κ3) is 4.76. The van der Waals surface area contributed by atoms with Crippen molar-refractivity contribution in [2.24, 2.45) is 0 Å². The molecule has 0 fully saturated rings. The summed E-state index contributed by atoms with van der Waals surface area (Å²) in [6.07, 6.45) is 1.39. The number of benzene rings is 2. The van der Waals surface area contributed by atoms with Crippen molar-refractivity contribution >= 4 is 17.5 Å². The minimum Gasteiger partial charge on any atom is -0.496 e. The molecule has 0 unspecified atom stereocenters. The van der Waals surface area contributed by atoms with E-state index in [0.29, 0.717) is 17.0 Å². The van der Waals surface area contributed by atoms with Crippen LogP contribution in [0.25, 0.3) is 0 Å². The number of nitrogens with one attached hydrogen (secondary N) is 2. The van der Waals surface area contributed by atoms with Crippen molar-refractivity contribution in [1.82, 2.24) is 10.3 Å². The molecule has 0 spiro atoms. The molecule has 1 heterocycles. The zero-order valence-electron chi connectivity index (χ0n) is 15.7. The first-order chi connectivity index (χ1) is 14.1. The molecule has 0 atom stereocenters. The number of para-hydroxylation sites is 2. The molecule has 0 aliphatic rings. The van der Waals surface area contributed by atoms with E-state index in [9.17, 15) is 9.59 Å². The van der Waals surface area contributed by atoms with Crippen LogP contribution in [0.5, 0.6) is 5.75 Å². The van der Waals surface area contributed by atoms with Gasteiger partial charge in [0.25, 0.3) is 11.8 Å². The summed E-state index contributed by atoms with van der Waals surface area (Å²) in [7, 11) is 1.56. The van der Waals surface area contributed by atoms with E-state index in [2.05, 4.69) is 15.6 Å². The normalized spacial score (nSPS) is 9.93. The maximum atomic E-state index is 12.5. The quantitative estimate of drug-likeness (QED) is 0.677. The van der Waals surface area contributed by atoms with E-state index >= 15 is 0 Å². The summed E-state index contributed by atoms with van der Waals surface area (Å²) in [6, 6.07) is 19.0. The Labute approximate surface area is 168 Å². The van der Waals surface area contributed by atoms with Crippen LogP contribution in [0.3, 0.4) is 0 Å². The van der Waals surface area contributed by atoms with Crippen LogP contribution in [0.4, 0.5) is 5.69 Å². The molecule has 2 amide bonds. The molecule has 0 saturated heterocycles. The fraction of sp³-hybridized carbons (Fsp3) is 0.0909. The molecule has 0 aliphatic carbocycles. The lowest BCUT2D eigenvalue weighted by atomic mass is 10.1. The second kappa shape index (κ2) is 9.15. The maximum absolute atomic E-state index is 12.5. The predicted molar refractivity (Wildman–Crippen MR) is 108 cm³/mol. The number of carbonyl (C=O) groups excluding carboxylic acids is 2. The van der Waals surface area contributed by atoms with Crippen molar-refractivity contribution < 1.29 is 14.3 Å². The Morgan fingerprint density at radius 3 is 2.62 bits per heavy atom. The largest absolute Gasteiger partial charge is 0.496 e. The molecule has 7 nitrogen and oxygen atoms in total. The standard InChI is InChI=1S/C22H18N4O3/c1-29-20-9-5-3-7-17(20)14-25-22(28)19-12-15(10-11-24-19)21(27)26-18-8-4-2-6-16(18)13-23/h2-12H,14H2,1H3,(H,25,28)(H,26,27). The third-order valence-corrected chi connectivity index (χ3v) is 4.18. The summed E-state index contributed by atoms with van der Waals surface area (Å²) in [5.41, 5.74) is 1.95. The van der Waals surface area contributed by atoms with Gasteiger partial charge in [-0.1, -0.05) is 30.3 Å². The van der Waals surface area contributed by atoms with E-state index in [4.69, 9.17) is 10.00 Å². The fourth-order valence-corrected chi connectivity index (χ4v) is 2.70. The van der Waals surface area contributed by atoms with Gasteiger partial charge < -0.3 is 15.4 Å². The molecular weight excluding hydrogens is 368 g/mol.